The third kappa shape index (κ3) is 65.7. The van der Waals surface area contributed by atoms with E-state index in [1.807, 2.05) is 0 Å². The third-order valence-corrected chi connectivity index (χ3v) is 13.5. The van der Waals surface area contributed by atoms with E-state index in [1.165, 1.54) is 64.2 Å². The van der Waals surface area contributed by atoms with Crippen molar-refractivity contribution in [2.24, 2.45) is 0 Å². The molecule has 1 atom stereocenters. The van der Waals surface area contributed by atoms with Crippen LogP contribution in [-0.2, 0) is 28.6 Å². The van der Waals surface area contributed by atoms with Gasteiger partial charge in [0.05, 0.1) is 0 Å². The fourth-order valence-electron chi connectivity index (χ4n) is 8.66. The summed E-state index contributed by atoms with van der Waals surface area (Å²) in [5.74, 6) is -0.930. The average Bonchev–Trinajstić information content (AvgIpc) is 3.47. The lowest BCUT2D eigenvalue weighted by Gasteiger charge is -2.18. The molecule has 0 fully saturated rings. The highest BCUT2D eigenvalue weighted by atomic mass is 16.6. The van der Waals surface area contributed by atoms with Crippen LogP contribution in [0.2, 0.25) is 0 Å². The molecule has 6 nitrogen and oxygen atoms in total. The average molecular weight is 1120 g/mol. The molecule has 0 rings (SSSR count). The zero-order valence-corrected chi connectivity index (χ0v) is 52.2. The van der Waals surface area contributed by atoms with Gasteiger partial charge in [-0.3, -0.25) is 14.4 Å². The number of hydrogen-bond donors (Lipinski definition) is 0. The molecule has 6 heteroatoms. The second kappa shape index (κ2) is 67.5. The molecule has 0 radical (unpaired) electrons. The van der Waals surface area contributed by atoms with Crippen molar-refractivity contribution in [3.05, 3.63) is 158 Å². The molecule has 0 aliphatic rings. The first kappa shape index (κ1) is 76.0. The van der Waals surface area contributed by atoms with Crippen LogP contribution in [0.25, 0.3) is 0 Å². The second-order valence-electron chi connectivity index (χ2n) is 21.3. The molecule has 456 valence electrons. The molecule has 0 saturated heterocycles. The molecule has 0 aromatic carbocycles. The lowest BCUT2D eigenvalue weighted by molar-refractivity contribution is -0.167. The molecule has 0 bridgehead atoms. The molecule has 0 N–H and O–H groups in total. The van der Waals surface area contributed by atoms with Crippen LogP contribution in [0.1, 0.15) is 278 Å². The maximum atomic E-state index is 12.9. The van der Waals surface area contributed by atoms with Gasteiger partial charge in [-0.25, -0.2) is 0 Å². The molecule has 0 aliphatic heterocycles. The largest absolute Gasteiger partial charge is 0.462 e. The van der Waals surface area contributed by atoms with Crippen molar-refractivity contribution in [2.45, 2.75) is 284 Å². The first-order valence-electron chi connectivity index (χ1n) is 33.0. The Bertz CT molecular complexity index is 1810. The highest BCUT2D eigenvalue weighted by Gasteiger charge is 2.19. The van der Waals surface area contributed by atoms with Crippen LogP contribution in [0.3, 0.4) is 0 Å². The molecule has 0 aromatic heterocycles. The maximum absolute atomic E-state index is 12.9. The topological polar surface area (TPSA) is 78.9 Å². The normalized spacial score (nSPS) is 13.2. The molecule has 81 heavy (non-hydrogen) atoms. The summed E-state index contributed by atoms with van der Waals surface area (Å²) >= 11 is 0. The first-order valence-corrected chi connectivity index (χ1v) is 33.0. The van der Waals surface area contributed by atoms with Gasteiger partial charge in [-0.2, -0.15) is 0 Å². The first-order chi connectivity index (χ1) is 40.0. The predicted octanol–water partition coefficient (Wildman–Crippen LogP) is 22.9. The molecule has 0 aromatic rings. The summed E-state index contributed by atoms with van der Waals surface area (Å²) in [4.78, 5) is 38.3. The summed E-state index contributed by atoms with van der Waals surface area (Å²) in [5.41, 5.74) is 0. The van der Waals surface area contributed by atoms with E-state index >= 15 is 0 Å². The van der Waals surface area contributed by atoms with Gasteiger partial charge in [0.25, 0.3) is 0 Å². The van der Waals surface area contributed by atoms with Crippen LogP contribution >= 0.6 is 0 Å². The SMILES string of the molecule is CC/C=C\C/C=C\C/C=C\C/C=C\C/C=C\C/C=C\C/C=C\C/C=C\CCCCCCCCC(=O)OCC(COC(=O)CCCCCCCCCCCCC)OC(=O)CCCCCCC/C=C\C/C=C\C/C=C\C/C=C\C/C=C\CC. The van der Waals surface area contributed by atoms with Crippen molar-refractivity contribution < 1.29 is 28.6 Å². The fourth-order valence-corrected chi connectivity index (χ4v) is 8.66. The number of allylic oxidation sites excluding steroid dienone is 26. The van der Waals surface area contributed by atoms with Gasteiger partial charge >= 0.3 is 17.9 Å². The van der Waals surface area contributed by atoms with Crippen LogP contribution in [-0.4, -0.2) is 37.2 Å². The Morgan fingerprint density at radius 3 is 0.753 bits per heavy atom. The fraction of sp³-hybridized carbons (Fsp3) is 0.613. The minimum absolute atomic E-state index is 0.0946. The van der Waals surface area contributed by atoms with Gasteiger partial charge in [0, 0.05) is 19.3 Å². The lowest BCUT2D eigenvalue weighted by atomic mass is 10.1. The summed E-state index contributed by atoms with van der Waals surface area (Å²) in [5, 5.41) is 0. The van der Waals surface area contributed by atoms with E-state index in [1.54, 1.807) is 0 Å². The quantitative estimate of drug-likeness (QED) is 0.0261. The van der Waals surface area contributed by atoms with E-state index in [4.69, 9.17) is 14.2 Å². The van der Waals surface area contributed by atoms with Crippen molar-refractivity contribution in [3.63, 3.8) is 0 Å². The highest BCUT2D eigenvalue weighted by Crippen LogP contribution is 2.15. The molecular formula is C75H120O6. The number of rotatable bonds is 58. The Hall–Kier alpha value is -4.97. The summed E-state index contributed by atoms with van der Waals surface area (Å²) < 4.78 is 16.9. The van der Waals surface area contributed by atoms with Gasteiger partial charge in [-0.1, -0.05) is 288 Å². The minimum Gasteiger partial charge on any atom is -0.462 e. The van der Waals surface area contributed by atoms with Crippen molar-refractivity contribution in [1.82, 2.24) is 0 Å². The molecular weight excluding hydrogens is 997 g/mol. The van der Waals surface area contributed by atoms with Gasteiger partial charge in [0.2, 0.25) is 0 Å². The van der Waals surface area contributed by atoms with Gasteiger partial charge in [0.1, 0.15) is 13.2 Å². The van der Waals surface area contributed by atoms with Crippen LogP contribution in [0.15, 0.2) is 158 Å². The zero-order valence-electron chi connectivity index (χ0n) is 52.2. The number of carbonyl (C=O) groups is 3. The highest BCUT2D eigenvalue weighted by molar-refractivity contribution is 5.71. The minimum atomic E-state index is -0.801. The number of carbonyl (C=O) groups excluding carboxylic acids is 3. The third-order valence-electron chi connectivity index (χ3n) is 13.5. The Kier molecular flexibility index (Phi) is 63.4. The van der Waals surface area contributed by atoms with Crippen molar-refractivity contribution in [1.29, 1.82) is 0 Å². The van der Waals surface area contributed by atoms with Gasteiger partial charge in [0.15, 0.2) is 6.10 Å². The van der Waals surface area contributed by atoms with Crippen molar-refractivity contribution in [3.8, 4) is 0 Å². The maximum Gasteiger partial charge on any atom is 0.306 e. The van der Waals surface area contributed by atoms with Crippen molar-refractivity contribution >= 4 is 17.9 Å². The Balaban J connectivity index is 4.36. The van der Waals surface area contributed by atoms with Gasteiger partial charge in [-0.15, -0.1) is 0 Å². The van der Waals surface area contributed by atoms with E-state index in [0.29, 0.717) is 19.3 Å². The van der Waals surface area contributed by atoms with Gasteiger partial charge < -0.3 is 14.2 Å². The smallest absolute Gasteiger partial charge is 0.306 e. The number of unbranched alkanes of at least 4 members (excludes halogenated alkanes) is 21. The van der Waals surface area contributed by atoms with Gasteiger partial charge in [-0.05, 0) is 128 Å². The summed E-state index contributed by atoms with van der Waals surface area (Å²) in [6, 6.07) is 0. The molecule has 0 spiro atoms. The van der Waals surface area contributed by atoms with Crippen LogP contribution in [0.5, 0.6) is 0 Å². The Morgan fingerprint density at radius 2 is 0.481 bits per heavy atom. The second-order valence-corrected chi connectivity index (χ2v) is 21.3. The predicted molar refractivity (Wildman–Crippen MR) is 352 cm³/mol. The van der Waals surface area contributed by atoms with Crippen LogP contribution in [0, 0.1) is 0 Å². The van der Waals surface area contributed by atoms with E-state index in [0.717, 1.165) is 173 Å². The summed E-state index contributed by atoms with van der Waals surface area (Å²) in [6.07, 6.45) is 98.2. The molecule has 0 aliphatic carbocycles. The van der Waals surface area contributed by atoms with E-state index in [-0.39, 0.29) is 31.1 Å². The van der Waals surface area contributed by atoms with Crippen molar-refractivity contribution in [2.75, 3.05) is 13.2 Å². The summed E-state index contributed by atoms with van der Waals surface area (Å²) in [7, 11) is 0. The Labute approximate surface area is 499 Å². The van der Waals surface area contributed by atoms with Crippen LogP contribution in [0.4, 0.5) is 0 Å². The Morgan fingerprint density at radius 1 is 0.259 bits per heavy atom. The molecule has 0 saturated carbocycles. The number of ether oxygens (including phenoxy) is 3. The standard InChI is InChI=1S/C75H120O6/c1-4-7-10-13-16-19-22-24-26-28-30-32-33-34-35-36-37-38-39-40-41-43-44-46-48-50-53-56-59-62-65-68-74(77)80-71-72(70-79-73(76)67-64-61-58-55-52-21-18-15-12-9-6-3)81-75(78)69-66-63-60-57-54-51-49-47-45-42-31-29-27-25-23-20-17-14-11-8-5-2/h7-8,10-11,16-17,19-20,24-27,30-32,34-35,37-38,40-42,44,46-47,49,72H,4-6,9,12-15,18,21-23,28-29,33,36,39,43,45,48,50-71H2,1-3H3/b10-7-,11-8-,19-16-,20-17-,26-24-,27-25-,32-30-,35-34-,38-37-,41-40-,42-31-,46-44-,49-47-. The monoisotopic (exact) mass is 1120 g/mol. The lowest BCUT2D eigenvalue weighted by Crippen LogP contribution is -2.30. The molecule has 1 unspecified atom stereocenters. The molecule has 0 amide bonds. The number of esters is 3. The molecule has 0 heterocycles. The van der Waals surface area contributed by atoms with Crippen LogP contribution < -0.4 is 0 Å². The van der Waals surface area contributed by atoms with E-state index in [9.17, 15) is 14.4 Å². The zero-order chi connectivity index (χ0) is 58.5. The van der Waals surface area contributed by atoms with E-state index in [2.05, 4.69) is 179 Å². The van der Waals surface area contributed by atoms with E-state index < -0.39 is 6.10 Å². The summed E-state index contributed by atoms with van der Waals surface area (Å²) in [6.45, 7) is 6.38. The number of hydrogen-bond acceptors (Lipinski definition) is 6.